The van der Waals surface area contributed by atoms with Gasteiger partial charge in [-0.25, -0.2) is 0 Å². The zero-order valence-electron chi connectivity index (χ0n) is 17.5. The fourth-order valence-corrected chi connectivity index (χ4v) is 5.48. The van der Waals surface area contributed by atoms with Gasteiger partial charge in [0.15, 0.2) is 0 Å². The van der Waals surface area contributed by atoms with E-state index in [0.717, 1.165) is 12.8 Å². The van der Waals surface area contributed by atoms with E-state index in [1.165, 1.54) is 30.4 Å². The summed E-state index contributed by atoms with van der Waals surface area (Å²) in [6.07, 6.45) is 10.7. The Balaban J connectivity index is 1.59. The first-order valence-electron chi connectivity index (χ1n) is 10.5. The van der Waals surface area contributed by atoms with Gasteiger partial charge in [0.2, 0.25) is 5.91 Å². The van der Waals surface area contributed by atoms with Crippen LogP contribution in [0.5, 0.6) is 0 Å². The molecule has 3 aliphatic carbocycles. The number of nitrogens with one attached hydrogen (secondary N) is 1. The van der Waals surface area contributed by atoms with Gasteiger partial charge in [-0.2, -0.15) is 0 Å². The van der Waals surface area contributed by atoms with Crippen LogP contribution in [0.15, 0.2) is 34.4 Å². The Morgan fingerprint density at radius 3 is 2.78 bits per heavy atom. The molecule has 1 saturated heterocycles. The quantitative estimate of drug-likeness (QED) is 0.752. The molecule has 0 radical (unpaired) electrons. The normalized spacial score (nSPS) is 34.6. The zero-order valence-corrected chi connectivity index (χ0v) is 17.5. The number of likely N-dealkylation sites (N-methyl/N-ethyl adjacent to an activating group) is 1. The molecular formula is C23H34N2O2. The highest BCUT2D eigenvalue weighted by molar-refractivity contribution is 5.78. The van der Waals surface area contributed by atoms with Gasteiger partial charge in [-0.05, 0) is 74.3 Å². The molecule has 2 fully saturated rings. The Kier molecular flexibility index (Phi) is 4.63. The first-order valence-corrected chi connectivity index (χ1v) is 10.5. The molecule has 1 heterocycles. The molecule has 1 amide bonds. The molecule has 1 saturated carbocycles. The lowest BCUT2D eigenvalue weighted by Gasteiger charge is -2.39. The Morgan fingerprint density at radius 2 is 2.07 bits per heavy atom. The molecule has 0 bridgehead atoms. The van der Waals surface area contributed by atoms with Crippen molar-refractivity contribution in [2.24, 2.45) is 11.3 Å². The lowest BCUT2D eigenvalue weighted by atomic mass is 9.64. The number of epoxide rings is 1. The minimum Gasteiger partial charge on any atom is -0.361 e. The van der Waals surface area contributed by atoms with Gasteiger partial charge >= 0.3 is 0 Å². The van der Waals surface area contributed by atoms with Crippen molar-refractivity contribution in [3.63, 3.8) is 0 Å². The SMILES string of the molecule is CC(C)C1=C2C3=CC=C(CNC(=O)CN(C)C)C[C@@H]4O[C@@]34CC[C@@]2(C)CC1. The molecule has 0 aromatic carbocycles. The number of carbonyl (C=O) groups excluding carboxylic acids is 1. The van der Waals surface area contributed by atoms with Gasteiger partial charge < -0.3 is 15.0 Å². The summed E-state index contributed by atoms with van der Waals surface area (Å²) < 4.78 is 6.37. The van der Waals surface area contributed by atoms with Crippen LogP contribution in [0.2, 0.25) is 0 Å². The van der Waals surface area contributed by atoms with E-state index >= 15 is 0 Å². The van der Waals surface area contributed by atoms with E-state index in [-0.39, 0.29) is 17.6 Å². The predicted molar refractivity (Wildman–Crippen MR) is 108 cm³/mol. The first kappa shape index (κ1) is 18.9. The number of allylic oxidation sites excluding steroid dienone is 3. The van der Waals surface area contributed by atoms with Crippen LogP contribution in [0.25, 0.3) is 0 Å². The fourth-order valence-electron chi connectivity index (χ4n) is 5.48. The molecule has 0 unspecified atom stereocenters. The molecule has 0 aromatic rings. The molecule has 4 rings (SSSR count). The summed E-state index contributed by atoms with van der Waals surface area (Å²) in [7, 11) is 3.83. The molecule has 148 valence electrons. The second-order valence-electron chi connectivity index (χ2n) is 9.74. The van der Waals surface area contributed by atoms with E-state index in [1.54, 1.807) is 11.1 Å². The molecule has 1 aliphatic heterocycles. The summed E-state index contributed by atoms with van der Waals surface area (Å²) in [5.41, 5.74) is 6.26. The lowest BCUT2D eigenvalue weighted by Crippen LogP contribution is -2.35. The Morgan fingerprint density at radius 1 is 1.30 bits per heavy atom. The number of fused-ring (bicyclic) bond motifs is 2. The highest BCUT2D eigenvalue weighted by atomic mass is 16.6. The number of hydrogen-bond acceptors (Lipinski definition) is 3. The summed E-state index contributed by atoms with van der Waals surface area (Å²) >= 11 is 0. The van der Waals surface area contributed by atoms with Crippen LogP contribution in [0.4, 0.5) is 0 Å². The van der Waals surface area contributed by atoms with Gasteiger partial charge in [-0.15, -0.1) is 0 Å². The van der Waals surface area contributed by atoms with Crippen LogP contribution < -0.4 is 5.32 Å². The average Bonchev–Trinajstić information content (AvgIpc) is 3.17. The van der Waals surface area contributed by atoms with Crippen molar-refractivity contribution >= 4 is 5.91 Å². The van der Waals surface area contributed by atoms with Gasteiger partial charge in [0.05, 0.1) is 12.6 Å². The second kappa shape index (κ2) is 6.59. The maximum Gasteiger partial charge on any atom is 0.234 e. The standard InChI is InChI=1S/C23H34N2O2/c1-15(2)17-8-9-22(3)10-11-23-18(21(17)22)7-6-16(12-19(23)27-23)13-24-20(26)14-25(4)5/h6-7,15,19H,8-14H2,1-5H3,(H,24,26)/t19-,22+,23-/m0/s1. The summed E-state index contributed by atoms with van der Waals surface area (Å²) in [6, 6.07) is 0. The third kappa shape index (κ3) is 3.21. The molecule has 1 N–H and O–H groups in total. The van der Waals surface area contributed by atoms with E-state index < -0.39 is 0 Å². The Labute approximate surface area is 163 Å². The van der Waals surface area contributed by atoms with Crippen molar-refractivity contribution in [1.82, 2.24) is 10.2 Å². The first-order chi connectivity index (χ1) is 12.7. The summed E-state index contributed by atoms with van der Waals surface area (Å²) in [4.78, 5) is 13.9. The molecular weight excluding hydrogens is 336 g/mol. The van der Waals surface area contributed by atoms with Gasteiger partial charge in [-0.3, -0.25) is 4.79 Å². The lowest BCUT2D eigenvalue weighted by molar-refractivity contribution is -0.121. The van der Waals surface area contributed by atoms with Crippen molar-refractivity contribution in [2.75, 3.05) is 27.2 Å². The van der Waals surface area contributed by atoms with Gasteiger partial charge in [0, 0.05) is 6.54 Å². The van der Waals surface area contributed by atoms with Crippen LogP contribution in [0.3, 0.4) is 0 Å². The minimum absolute atomic E-state index is 0.0504. The van der Waals surface area contributed by atoms with Crippen molar-refractivity contribution < 1.29 is 9.53 Å². The zero-order chi connectivity index (χ0) is 19.4. The van der Waals surface area contributed by atoms with E-state index in [9.17, 15) is 4.79 Å². The minimum atomic E-state index is -0.0504. The third-order valence-electron chi connectivity index (χ3n) is 7.06. The number of rotatable bonds is 5. The molecule has 1 spiro atoms. The number of ether oxygens (including phenoxy) is 1. The van der Waals surface area contributed by atoms with E-state index in [4.69, 9.17) is 4.74 Å². The van der Waals surface area contributed by atoms with Crippen molar-refractivity contribution in [3.05, 3.63) is 34.4 Å². The highest BCUT2D eigenvalue weighted by Gasteiger charge is 2.64. The second-order valence-corrected chi connectivity index (χ2v) is 9.74. The Hall–Kier alpha value is -1.39. The molecule has 4 nitrogen and oxygen atoms in total. The monoisotopic (exact) mass is 370 g/mol. The Bertz CT molecular complexity index is 745. The van der Waals surface area contributed by atoms with Crippen LogP contribution >= 0.6 is 0 Å². The van der Waals surface area contributed by atoms with Crippen molar-refractivity contribution in [2.45, 2.75) is 64.6 Å². The fraction of sp³-hybridized carbons (Fsp3) is 0.696. The van der Waals surface area contributed by atoms with Crippen molar-refractivity contribution in [3.8, 4) is 0 Å². The van der Waals surface area contributed by atoms with Crippen LogP contribution in [-0.4, -0.2) is 49.7 Å². The van der Waals surface area contributed by atoms with Crippen molar-refractivity contribution in [1.29, 1.82) is 0 Å². The molecule has 0 aromatic heterocycles. The topological polar surface area (TPSA) is 44.9 Å². The largest absolute Gasteiger partial charge is 0.361 e. The van der Waals surface area contributed by atoms with Gasteiger partial charge in [0.1, 0.15) is 5.60 Å². The maximum absolute atomic E-state index is 12.0. The molecule has 3 atom stereocenters. The summed E-state index contributed by atoms with van der Waals surface area (Å²) in [5, 5.41) is 3.06. The van der Waals surface area contributed by atoms with Gasteiger partial charge in [-0.1, -0.05) is 38.5 Å². The summed E-state index contributed by atoms with van der Waals surface area (Å²) in [6.45, 7) is 8.18. The van der Waals surface area contributed by atoms with Gasteiger partial charge in [0.25, 0.3) is 0 Å². The van der Waals surface area contributed by atoms with Crippen LogP contribution in [0, 0.1) is 11.3 Å². The molecule has 27 heavy (non-hydrogen) atoms. The van der Waals surface area contributed by atoms with E-state index in [1.807, 2.05) is 19.0 Å². The van der Waals surface area contributed by atoms with Crippen LogP contribution in [-0.2, 0) is 9.53 Å². The van der Waals surface area contributed by atoms with Crippen LogP contribution in [0.1, 0.15) is 52.9 Å². The average molecular weight is 371 g/mol. The molecule has 4 heteroatoms. The number of amides is 1. The predicted octanol–water partition coefficient (Wildman–Crippen LogP) is 3.60. The van der Waals surface area contributed by atoms with E-state index in [0.29, 0.717) is 24.4 Å². The summed E-state index contributed by atoms with van der Waals surface area (Å²) in [5.74, 6) is 0.682. The highest BCUT2D eigenvalue weighted by Crippen LogP contribution is 2.65. The smallest absolute Gasteiger partial charge is 0.234 e. The number of nitrogens with zero attached hydrogens (tertiary/aromatic N) is 1. The maximum atomic E-state index is 12.0. The number of carbonyl (C=O) groups is 1. The number of hydrogen-bond donors (Lipinski definition) is 1. The molecule has 4 aliphatic rings. The third-order valence-corrected chi connectivity index (χ3v) is 7.06. The van der Waals surface area contributed by atoms with E-state index in [2.05, 4.69) is 38.2 Å².